The number of nitro groups is 1. The van der Waals surface area contributed by atoms with Crippen molar-refractivity contribution >= 4 is 17.8 Å². The summed E-state index contributed by atoms with van der Waals surface area (Å²) >= 11 is 0. The Balaban J connectivity index is 1.61. The molecule has 0 spiro atoms. The third-order valence-corrected chi connectivity index (χ3v) is 3.38. The van der Waals surface area contributed by atoms with Crippen LogP contribution < -0.4 is 10.5 Å². The van der Waals surface area contributed by atoms with E-state index in [4.69, 9.17) is 0 Å². The van der Waals surface area contributed by atoms with Crippen LogP contribution in [0.25, 0.3) is 11.4 Å². The number of hydrazone groups is 1. The van der Waals surface area contributed by atoms with E-state index < -0.39 is 22.3 Å². The predicted molar refractivity (Wildman–Crippen MR) is 91.5 cm³/mol. The van der Waals surface area contributed by atoms with Crippen molar-refractivity contribution in [2.75, 3.05) is 0 Å². The van der Waals surface area contributed by atoms with E-state index in [1.165, 1.54) is 12.1 Å². The Hall–Kier alpha value is -4.15. The fourth-order valence-corrected chi connectivity index (χ4v) is 2.14. The molecule has 0 unspecified atom stereocenters. The molecule has 11 heteroatoms. The number of nitro benzene ring substituents is 1. The van der Waals surface area contributed by atoms with Gasteiger partial charge in [0, 0.05) is 11.6 Å². The van der Waals surface area contributed by atoms with Gasteiger partial charge in [0.1, 0.15) is 6.54 Å². The van der Waals surface area contributed by atoms with Crippen molar-refractivity contribution in [1.82, 2.24) is 25.6 Å². The quantitative estimate of drug-likeness (QED) is 0.378. The summed E-state index contributed by atoms with van der Waals surface area (Å²) in [6, 6.07) is 12.9. The number of hydrogen-bond donors (Lipinski definition) is 1. The molecule has 27 heavy (non-hydrogen) atoms. The number of carbonyl (C=O) groups excluding carboxylic acids is 1. The molecule has 2 aromatic carbocycles. The van der Waals surface area contributed by atoms with Crippen LogP contribution in [-0.4, -0.2) is 37.3 Å². The first-order valence-corrected chi connectivity index (χ1v) is 7.64. The van der Waals surface area contributed by atoms with Crippen LogP contribution in [0.15, 0.2) is 53.6 Å². The SMILES string of the molecule is O=C(Cn1nnc(-c2ccccc2)n1)N/N=C\c1cccc([N+](=O)[O-])c1[O-]. The first-order valence-electron chi connectivity index (χ1n) is 7.64. The Bertz CT molecular complexity index is 1000. The number of nitrogens with one attached hydrogen (secondary N) is 1. The summed E-state index contributed by atoms with van der Waals surface area (Å²) in [4.78, 5) is 22.9. The number of aromatic nitrogens is 4. The second kappa shape index (κ2) is 7.82. The first-order chi connectivity index (χ1) is 13.0. The molecule has 1 heterocycles. The molecule has 0 saturated heterocycles. The highest BCUT2D eigenvalue weighted by Crippen LogP contribution is 2.25. The Morgan fingerprint density at radius 2 is 2.00 bits per heavy atom. The van der Waals surface area contributed by atoms with Crippen molar-refractivity contribution in [1.29, 1.82) is 0 Å². The van der Waals surface area contributed by atoms with Crippen LogP contribution in [0.1, 0.15) is 5.56 Å². The lowest BCUT2D eigenvalue weighted by molar-refractivity contribution is -0.398. The number of hydrogen-bond acceptors (Lipinski definition) is 8. The molecule has 1 amide bonds. The van der Waals surface area contributed by atoms with Crippen molar-refractivity contribution in [3.05, 3.63) is 64.2 Å². The van der Waals surface area contributed by atoms with Crippen molar-refractivity contribution in [3.8, 4) is 17.1 Å². The van der Waals surface area contributed by atoms with Gasteiger partial charge in [-0.25, -0.2) is 5.43 Å². The monoisotopic (exact) mass is 366 g/mol. The Kier molecular flexibility index (Phi) is 5.12. The molecule has 0 radical (unpaired) electrons. The number of amides is 1. The van der Waals surface area contributed by atoms with Crippen LogP contribution in [-0.2, 0) is 11.3 Å². The normalized spacial score (nSPS) is 10.8. The minimum atomic E-state index is -0.786. The number of nitrogens with zero attached hydrogens (tertiary/aromatic N) is 6. The number of tetrazole rings is 1. The standard InChI is InChI=1S/C16H13N7O4/c24-14(10-22-20-16(19-21-22)11-5-2-1-3-6-11)18-17-9-12-7-4-8-13(15(12)25)23(26)27/h1-9,25H,10H2,(H,18,24)/p-1/b17-9-. The van der Waals surface area contributed by atoms with E-state index in [0.717, 1.165) is 22.6 Å². The lowest BCUT2D eigenvalue weighted by Crippen LogP contribution is -2.24. The smallest absolute Gasteiger partial charge is 0.263 e. The first kappa shape index (κ1) is 17.7. The maximum Gasteiger partial charge on any atom is 0.263 e. The average molecular weight is 366 g/mol. The molecule has 0 aliphatic heterocycles. The molecule has 11 nitrogen and oxygen atoms in total. The van der Waals surface area contributed by atoms with Gasteiger partial charge < -0.3 is 5.11 Å². The number of carbonyl (C=O) groups is 1. The van der Waals surface area contributed by atoms with Gasteiger partial charge in [-0.3, -0.25) is 14.9 Å². The summed E-state index contributed by atoms with van der Waals surface area (Å²) in [5, 5.41) is 37.9. The van der Waals surface area contributed by atoms with E-state index >= 15 is 0 Å². The van der Waals surface area contributed by atoms with Gasteiger partial charge >= 0.3 is 0 Å². The van der Waals surface area contributed by atoms with E-state index in [2.05, 4.69) is 25.9 Å². The average Bonchev–Trinajstić information content (AvgIpc) is 3.12. The molecule has 0 aliphatic carbocycles. The summed E-state index contributed by atoms with van der Waals surface area (Å²) in [6.07, 6.45) is 1.04. The van der Waals surface area contributed by atoms with Crippen molar-refractivity contribution in [2.24, 2.45) is 5.10 Å². The molecule has 0 saturated carbocycles. The number of rotatable bonds is 6. The van der Waals surface area contributed by atoms with Crippen molar-refractivity contribution in [3.63, 3.8) is 0 Å². The Morgan fingerprint density at radius 1 is 1.22 bits per heavy atom. The molecule has 0 fully saturated rings. The largest absolute Gasteiger partial charge is 0.867 e. The van der Waals surface area contributed by atoms with Gasteiger partial charge in [-0.05, 0) is 16.5 Å². The second-order valence-electron chi connectivity index (χ2n) is 5.26. The Labute approximate surface area is 152 Å². The van der Waals surface area contributed by atoms with Crippen LogP contribution in [0.2, 0.25) is 0 Å². The van der Waals surface area contributed by atoms with Gasteiger partial charge in [-0.15, -0.1) is 10.2 Å². The van der Waals surface area contributed by atoms with E-state index in [0.29, 0.717) is 5.82 Å². The van der Waals surface area contributed by atoms with E-state index in [-0.39, 0.29) is 12.1 Å². The van der Waals surface area contributed by atoms with Gasteiger partial charge in [-0.1, -0.05) is 42.5 Å². The molecule has 1 aromatic heterocycles. The fraction of sp³-hybridized carbons (Fsp3) is 0.0625. The maximum atomic E-state index is 11.9. The van der Waals surface area contributed by atoms with Gasteiger partial charge in [0.15, 0.2) is 0 Å². The van der Waals surface area contributed by atoms with Crippen molar-refractivity contribution in [2.45, 2.75) is 6.54 Å². The maximum absolute atomic E-state index is 11.9. The van der Waals surface area contributed by atoms with Crippen molar-refractivity contribution < 1.29 is 14.8 Å². The van der Waals surface area contributed by atoms with E-state index in [1.807, 2.05) is 30.3 Å². The molecule has 1 N–H and O–H groups in total. The molecule has 3 rings (SSSR count). The Morgan fingerprint density at radius 3 is 2.74 bits per heavy atom. The molecule has 0 atom stereocenters. The summed E-state index contributed by atoms with van der Waals surface area (Å²) in [5.74, 6) is -0.966. The van der Waals surface area contributed by atoms with Crippen LogP contribution >= 0.6 is 0 Å². The van der Waals surface area contributed by atoms with Gasteiger partial charge in [-0.2, -0.15) is 9.90 Å². The summed E-state index contributed by atoms with van der Waals surface area (Å²) in [5.41, 5.74) is 2.37. The minimum Gasteiger partial charge on any atom is -0.867 e. The van der Waals surface area contributed by atoms with Crippen LogP contribution in [0.3, 0.4) is 0 Å². The van der Waals surface area contributed by atoms with Crippen LogP contribution in [0.4, 0.5) is 5.69 Å². The third kappa shape index (κ3) is 4.28. The zero-order valence-corrected chi connectivity index (χ0v) is 13.7. The topological polar surface area (TPSA) is 151 Å². The van der Waals surface area contributed by atoms with Crippen LogP contribution in [0.5, 0.6) is 5.75 Å². The summed E-state index contributed by atoms with van der Waals surface area (Å²) < 4.78 is 0. The van der Waals surface area contributed by atoms with Gasteiger partial charge in [0.05, 0.1) is 11.1 Å². The summed E-state index contributed by atoms with van der Waals surface area (Å²) in [6.45, 7) is -0.240. The molecular formula is C16H12N7O4-. The zero-order valence-electron chi connectivity index (χ0n) is 13.7. The van der Waals surface area contributed by atoms with E-state index in [9.17, 15) is 20.0 Å². The number of benzene rings is 2. The molecule has 0 bridgehead atoms. The lowest BCUT2D eigenvalue weighted by Gasteiger charge is -2.09. The highest BCUT2D eigenvalue weighted by molar-refractivity contribution is 5.86. The zero-order chi connectivity index (χ0) is 19.2. The highest BCUT2D eigenvalue weighted by atomic mass is 16.6. The highest BCUT2D eigenvalue weighted by Gasteiger charge is 2.10. The predicted octanol–water partition coefficient (Wildman–Crippen LogP) is 0.472. The molecule has 0 aliphatic rings. The van der Waals surface area contributed by atoms with E-state index in [1.54, 1.807) is 0 Å². The minimum absolute atomic E-state index is 0.0188. The molecule has 3 aromatic rings. The molecular weight excluding hydrogens is 354 g/mol. The number of para-hydroxylation sites is 1. The second-order valence-corrected chi connectivity index (χ2v) is 5.26. The van der Waals surface area contributed by atoms with Gasteiger partial charge in [0.25, 0.3) is 11.6 Å². The molecule has 136 valence electrons. The fourth-order valence-electron chi connectivity index (χ4n) is 2.14. The van der Waals surface area contributed by atoms with Gasteiger partial charge in [0.2, 0.25) is 5.82 Å². The summed E-state index contributed by atoms with van der Waals surface area (Å²) in [7, 11) is 0. The van der Waals surface area contributed by atoms with Crippen LogP contribution in [0, 0.1) is 10.1 Å². The lowest BCUT2D eigenvalue weighted by atomic mass is 10.2. The third-order valence-electron chi connectivity index (χ3n) is 3.38.